The zero-order chi connectivity index (χ0) is 28.7. The van der Waals surface area contributed by atoms with Gasteiger partial charge in [0, 0.05) is 27.7 Å². The number of unbranched alkanes of at least 4 members (excludes halogenated alkanes) is 13. The average molecular weight is 605 g/mol. The Balaban J connectivity index is 1.46. The summed E-state index contributed by atoms with van der Waals surface area (Å²) in [6, 6.07) is 12.7. The normalized spacial score (nSPS) is 11.2. The van der Waals surface area contributed by atoms with Crippen LogP contribution in [-0.4, -0.2) is 22.2 Å². The van der Waals surface area contributed by atoms with Gasteiger partial charge in [-0.3, -0.25) is 4.79 Å². The molecule has 1 heterocycles. The maximum atomic E-state index is 13.2. The lowest BCUT2D eigenvalue weighted by Gasteiger charge is -2.11. The van der Waals surface area contributed by atoms with Crippen LogP contribution in [-0.2, 0) is 0 Å². The third-order valence-corrected chi connectivity index (χ3v) is 8.20. The number of halogens is 3. The molecule has 0 spiro atoms. The minimum absolute atomic E-state index is 0.175. The molecule has 0 fully saturated rings. The Hall–Kier alpha value is -2.01. The molecular formula is C33H44Cl3N3O. The first-order chi connectivity index (χ1) is 19.4. The van der Waals surface area contributed by atoms with Crippen molar-refractivity contribution in [3.63, 3.8) is 0 Å². The number of rotatable bonds is 18. The van der Waals surface area contributed by atoms with E-state index in [0.717, 1.165) is 29.7 Å². The second-order valence-corrected chi connectivity index (χ2v) is 12.0. The summed E-state index contributed by atoms with van der Waals surface area (Å²) in [7, 11) is 0. The lowest BCUT2D eigenvalue weighted by atomic mass is 10.0. The van der Waals surface area contributed by atoms with Gasteiger partial charge in [0.15, 0.2) is 5.69 Å². The highest BCUT2D eigenvalue weighted by atomic mass is 35.5. The zero-order valence-electron chi connectivity index (χ0n) is 24.1. The second-order valence-electron chi connectivity index (χ2n) is 10.7. The van der Waals surface area contributed by atoms with Crippen LogP contribution in [0.5, 0.6) is 0 Å². The largest absolute Gasteiger partial charge is 0.351 e. The van der Waals surface area contributed by atoms with Crippen molar-refractivity contribution in [3.8, 4) is 16.9 Å². The molecule has 4 nitrogen and oxygen atoms in total. The number of aromatic nitrogens is 2. The fourth-order valence-electron chi connectivity index (χ4n) is 5.09. The van der Waals surface area contributed by atoms with E-state index in [4.69, 9.17) is 39.9 Å². The van der Waals surface area contributed by atoms with Crippen LogP contribution in [0.25, 0.3) is 16.9 Å². The van der Waals surface area contributed by atoms with Crippen LogP contribution in [0.1, 0.15) is 113 Å². The van der Waals surface area contributed by atoms with E-state index in [9.17, 15) is 4.79 Å². The lowest BCUT2D eigenvalue weighted by molar-refractivity contribution is 0.0947. The van der Waals surface area contributed by atoms with Crippen molar-refractivity contribution in [3.05, 3.63) is 68.8 Å². The predicted octanol–water partition coefficient (Wildman–Crippen LogP) is 11.0. The molecule has 0 aliphatic heterocycles. The maximum Gasteiger partial charge on any atom is 0.272 e. The van der Waals surface area contributed by atoms with Crippen LogP contribution >= 0.6 is 34.8 Å². The Morgan fingerprint density at radius 3 is 1.82 bits per heavy atom. The first-order valence-corrected chi connectivity index (χ1v) is 16.1. The molecule has 2 aromatic carbocycles. The molecule has 7 heteroatoms. The number of hydrogen-bond acceptors (Lipinski definition) is 2. The van der Waals surface area contributed by atoms with Gasteiger partial charge < -0.3 is 5.32 Å². The topological polar surface area (TPSA) is 46.9 Å². The lowest BCUT2D eigenvalue weighted by Crippen LogP contribution is -2.25. The standard InChI is InChI=1S/C33H44Cl3N3O/c1-3-4-5-6-7-8-9-10-11-12-13-14-15-16-23-37-33(40)31-25(2)32(26-17-19-27(34)20-18-26)39(38-31)30-22-21-28(35)24-29(30)36/h17-22,24H,3-16,23H2,1-2H3,(H,37,40). The van der Waals surface area contributed by atoms with Crippen molar-refractivity contribution in [2.75, 3.05) is 6.54 Å². The molecule has 0 saturated heterocycles. The van der Waals surface area contributed by atoms with Gasteiger partial charge in [-0.05, 0) is 43.7 Å². The molecule has 1 aromatic heterocycles. The van der Waals surface area contributed by atoms with E-state index >= 15 is 0 Å². The van der Waals surface area contributed by atoms with E-state index in [1.807, 2.05) is 37.3 Å². The average Bonchev–Trinajstić information content (AvgIpc) is 3.27. The molecule has 1 N–H and O–H groups in total. The zero-order valence-corrected chi connectivity index (χ0v) is 26.4. The Morgan fingerprint density at radius 1 is 0.750 bits per heavy atom. The summed E-state index contributed by atoms with van der Waals surface area (Å²) >= 11 is 18.8. The molecule has 0 atom stereocenters. The third-order valence-electron chi connectivity index (χ3n) is 7.41. The summed E-state index contributed by atoms with van der Waals surface area (Å²) < 4.78 is 1.72. The molecule has 0 aliphatic carbocycles. The van der Waals surface area contributed by atoms with E-state index in [0.29, 0.717) is 33.0 Å². The minimum atomic E-state index is -0.175. The Labute approximate surface area is 255 Å². The quantitative estimate of drug-likeness (QED) is 0.147. The Kier molecular flexibility index (Phi) is 14.4. The minimum Gasteiger partial charge on any atom is -0.351 e. The van der Waals surface area contributed by atoms with Crippen molar-refractivity contribution in [1.82, 2.24) is 15.1 Å². The van der Waals surface area contributed by atoms with Gasteiger partial charge in [-0.1, -0.05) is 137 Å². The van der Waals surface area contributed by atoms with Gasteiger partial charge >= 0.3 is 0 Å². The van der Waals surface area contributed by atoms with Crippen molar-refractivity contribution in [2.45, 2.75) is 104 Å². The third kappa shape index (κ3) is 10.1. The van der Waals surface area contributed by atoms with E-state index in [1.54, 1.807) is 16.8 Å². The summed E-state index contributed by atoms with van der Waals surface area (Å²) in [6.07, 6.45) is 18.3. The number of nitrogens with one attached hydrogen (secondary N) is 1. The fraction of sp³-hybridized carbons (Fsp3) is 0.515. The molecule has 0 unspecified atom stereocenters. The van der Waals surface area contributed by atoms with Gasteiger partial charge in [-0.25, -0.2) is 4.68 Å². The van der Waals surface area contributed by atoms with Crippen molar-refractivity contribution >= 4 is 40.7 Å². The van der Waals surface area contributed by atoms with Crippen LogP contribution in [0.3, 0.4) is 0 Å². The molecular weight excluding hydrogens is 561 g/mol. The number of carbonyl (C=O) groups is 1. The predicted molar refractivity (Wildman–Crippen MR) is 171 cm³/mol. The first-order valence-electron chi connectivity index (χ1n) is 15.0. The maximum absolute atomic E-state index is 13.2. The molecule has 0 bridgehead atoms. The van der Waals surface area contributed by atoms with Gasteiger partial charge in [0.25, 0.3) is 5.91 Å². The highest BCUT2D eigenvalue weighted by molar-refractivity contribution is 6.35. The van der Waals surface area contributed by atoms with Crippen LogP contribution in [0.4, 0.5) is 0 Å². The number of benzene rings is 2. The molecule has 40 heavy (non-hydrogen) atoms. The van der Waals surface area contributed by atoms with Gasteiger partial charge in [0.05, 0.1) is 16.4 Å². The van der Waals surface area contributed by atoms with E-state index < -0.39 is 0 Å². The Bertz CT molecular complexity index is 1190. The molecule has 0 aliphatic rings. The van der Waals surface area contributed by atoms with Crippen LogP contribution in [0, 0.1) is 6.92 Å². The number of nitrogens with zero attached hydrogens (tertiary/aromatic N) is 2. The van der Waals surface area contributed by atoms with Crippen LogP contribution < -0.4 is 5.32 Å². The Morgan fingerprint density at radius 2 is 1.27 bits per heavy atom. The molecule has 0 saturated carbocycles. The SMILES string of the molecule is CCCCCCCCCCCCCCCCNC(=O)c1nn(-c2ccc(Cl)cc2Cl)c(-c2ccc(Cl)cc2)c1C. The number of carbonyl (C=O) groups excluding carboxylic acids is 1. The second kappa shape index (κ2) is 17.7. The summed E-state index contributed by atoms with van der Waals surface area (Å²) in [5, 5.41) is 9.41. The number of hydrogen-bond donors (Lipinski definition) is 1. The highest BCUT2D eigenvalue weighted by Gasteiger charge is 2.23. The molecule has 3 aromatic rings. The van der Waals surface area contributed by atoms with Gasteiger partial charge in [-0.15, -0.1) is 0 Å². The fourth-order valence-corrected chi connectivity index (χ4v) is 5.71. The first kappa shape index (κ1) is 32.5. The molecule has 218 valence electrons. The smallest absolute Gasteiger partial charge is 0.272 e. The van der Waals surface area contributed by atoms with Crippen molar-refractivity contribution in [2.24, 2.45) is 0 Å². The molecule has 1 amide bonds. The molecule has 0 radical (unpaired) electrons. The number of amides is 1. The van der Waals surface area contributed by atoms with Crippen LogP contribution in [0.2, 0.25) is 15.1 Å². The highest BCUT2D eigenvalue weighted by Crippen LogP contribution is 2.33. The van der Waals surface area contributed by atoms with Crippen molar-refractivity contribution in [1.29, 1.82) is 0 Å². The van der Waals surface area contributed by atoms with Crippen LogP contribution in [0.15, 0.2) is 42.5 Å². The van der Waals surface area contributed by atoms with Gasteiger partial charge in [0.2, 0.25) is 0 Å². The van der Waals surface area contributed by atoms with Crippen molar-refractivity contribution < 1.29 is 4.79 Å². The van der Waals surface area contributed by atoms with E-state index in [2.05, 4.69) is 12.2 Å². The summed E-state index contributed by atoms with van der Waals surface area (Å²) in [5.41, 5.74) is 3.52. The summed E-state index contributed by atoms with van der Waals surface area (Å²) in [4.78, 5) is 13.2. The summed E-state index contributed by atoms with van der Waals surface area (Å²) in [6.45, 7) is 4.83. The monoisotopic (exact) mass is 603 g/mol. The van der Waals surface area contributed by atoms with Gasteiger partial charge in [0.1, 0.15) is 0 Å². The molecule has 3 rings (SSSR count). The van der Waals surface area contributed by atoms with Gasteiger partial charge in [-0.2, -0.15) is 5.10 Å². The summed E-state index contributed by atoms with van der Waals surface area (Å²) in [5.74, 6) is -0.175. The van der Waals surface area contributed by atoms with E-state index in [-0.39, 0.29) is 5.91 Å². The van der Waals surface area contributed by atoms with E-state index in [1.165, 1.54) is 77.0 Å².